The molecule has 0 unspecified atom stereocenters. The van der Waals surface area contributed by atoms with E-state index in [0.717, 1.165) is 29.8 Å². The molecule has 2 aromatic carbocycles. The second-order valence-electron chi connectivity index (χ2n) is 5.42. The zero-order chi connectivity index (χ0) is 15.7. The molecule has 0 aromatic heterocycles. The molecule has 3 rings (SSSR count). The van der Waals surface area contributed by atoms with Crippen LogP contribution in [0.1, 0.15) is 22.8 Å². The van der Waals surface area contributed by atoms with Gasteiger partial charge in [-0.05, 0) is 47.4 Å². The van der Waals surface area contributed by atoms with Gasteiger partial charge in [0, 0.05) is 31.8 Å². The number of amides is 2. The van der Waals surface area contributed by atoms with Crippen LogP contribution in [0.2, 0.25) is 0 Å². The van der Waals surface area contributed by atoms with Crippen molar-refractivity contribution >= 4 is 17.5 Å². The smallest absolute Gasteiger partial charge is 0.251 e. The number of benzene rings is 2. The third-order valence-electron chi connectivity index (χ3n) is 4.06. The van der Waals surface area contributed by atoms with Crippen molar-refractivity contribution in [1.82, 2.24) is 5.32 Å². The van der Waals surface area contributed by atoms with Gasteiger partial charge in [-0.3, -0.25) is 9.59 Å². The molecule has 112 valence electrons. The summed E-state index contributed by atoms with van der Waals surface area (Å²) in [5.41, 5.74) is 5.03. The Morgan fingerprint density at radius 2 is 1.73 bits per heavy atom. The Balaban J connectivity index is 1.91. The zero-order valence-corrected chi connectivity index (χ0v) is 12.7. The molecule has 4 nitrogen and oxygen atoms in total. The van der Waals surface area contributed by atoms with Crippen LogP contribution in [-0.2, 0) is 11.2 Å². The lowest BCUT2D eigenvalue weighted by molar-refractivity contribution is -0.116. The third kappa shape index (κ3) is 2.48. The van der Waals surface area contributed by atoms with Gasteiger partial charge < -0.3 is 10.2 Å². The SMILES string of the molecule is CNC(=O)c1ccc(-c2ccc3c(c2)CCN3C(C)=O)cc1. The number of fused-ring (bicyclic) bond motifs is 1. The molecule has 2 amide bonds. The number of carbonyl (C=O) groups excluding carboxylic acids is 2. The van der Waals surface area contributed by atoms with E-state index in [0.29, 0.717) is 5.56 Å². The second kappa shape index (κ2) is 5.64. The van der Waals surface area contributed by atoms with Gasteiger partial charge in [-0.25, -0.2) is 0 Å². The van der Waals surface area contributed by atoms with E-state index in [1.54, 1.807) is 14.0 Å². The van der Waals surface area contributed by atoms with Gasteiger partial charge in [0.25, 0.3) is 5.91 Å². The van der Waals surface area contributed by atoms with E-state index >= 15 is 0 Å². The van der Waals surface area contributed by atoms with Crippen molar-refractivity contribution in [1.29, 1.82) is 0 Å². The number of anilines is 1. The van der Waals surface area contributed by atoms with Crippen LogP contribution in [0.4, 0.5) is 5.69 Å². The van der Waals surface area contributed by atoms with Crippen LogP contribution in [0.5, 0.6) is 0 Å². The highest BCUT2D eigenvalue weighted by Crippen LogP contribution is 2.32. The van der Waals surface area contributed by atoms with E-state index in [4.69, 9.17) is 0 Å². The predicted molar refractivity (Wildman–Crippen MR) is 87.0 cm³/mol. The normalized spacial score (nSPS) is 12.9. The quantitative estimate of drug-likeness (QED) is 0.925. The van der Waals surface area contributed by atoms with E-state index in [1.807, 2.05) is 41.3 Å². The van der Waals surface area contributed by atoms with Crippen molar-refractivity contribution in [2.24, 2.45) is 0 Å². The first kappa shape index (κ1) is 14.3. The Bertz CT molecular complexity index is 735. The van der Waals surface area contributed by atoms with Gasteiger partial charge in [-0.1, -0.05) is 18.2 Å². The summed E-state index contributed by atoms with van der Waals surface area (Å²) in [6.45, 7) is 2.35. The topological polar surface area (TPSA) is 49.4 Å². The summed E-state index contributed by atoms with van der Waals surface area (Å²) in [6, 6.07) is 13.7. The Kier molecular flexibility index (Phi) is 3.67. The molecular formula is C18H18N2O2. The lowest BCUT2D eigenvalue weighted by atomic mass is 10.0. The average molecular weight is 294 g/mol. The summed E-state index contributed by atoms with van der Waals surface area (Å²) in [5.74, 6) is -0.000894. The first-order chi connectivity index (χ1) is 10.6. The van der Waals surface area contributed by atoms with E-state index in [2.05, 4.69) is 11.4 Å². The zero-order valence-electron chi connectivity index (χ0n) is 12.7. The molecule has 2 aromatic rings. The number of carbonyl (C=O) groups is 2. The summed E-state index contributed by atoms with van der Waals surface area (Å²) in [6.07, 6.45) is 0.888. The van der Waals surface area contributed by atoms with E-state index in [-0.39, 0.29) is 11.8 Å². The largest absolute Gasteiger partial charge is 0.355 e. The van der Waals surface area contributed by atoms with Gasteiger partial charge in [0.1, 0.15) is 0 Å². The van der Waals surface area contributed by atoms with Crippen LogP contribution in [0.3, 0.4) is 0 Å². The number of hydrogen-bond acceptors (Lipinski definition) is 2. The highest BCUT2D eigenvalue weighted by molar-refractivity contribution is 5.95. The molecule has 0 atom stereocenters. The van der Waals surface area contributed by atoms with Crippen LogP contribution in [0.25, 0.3) is 11.1 Å². The molecule has 0 aliphatic carbocycles. The number of hydrogen-bond donors (Lipinski definition) is 1. The molecule has 0 saturated heterocycles. The minimum atomic E-state index is -0.0856. The Morgan fingerprint density at radius 1 is 1.05 bits per heavy atom. The van der Waals surface area contributed by atoms with Crippen molar-refractivity contribution < 1.29 is 9.59 Å². The molecule has 22 heavy (non-hydrogen) atoms. The molecule has 1 aliphatic rings. The van der Waals surface area contributed by atoms with Gasteiger partial charge in [0.2, 0.25) is 5.91 Å². The van der Waals surface area contributed by atoms with Crippen LogP contribution < -0.4 is 10.2 Å². The first-order valence-corrected chi connectivity index (χ1v) is 7.33. The molecule has 0 fully saturated rings. The number of nitrogens with one attached hydrogen (secondary N) is 1. The standard InChI is InChI=1S/C18H18N2O2/c1-12(21)20-10-9-16-11-15(7-8-17(16)20)13-3-5-14(6-4-13)18(22)19-2/h3-8,11H,9-10H2,1-2H3,(H,19,22). The lowest BCUT2D eigenvalue weighted by Crippen LogP contribution is -2.25. The fraction of sp³-hybridized carbons (Fsp3) is 0.222. The average Bonchev–Trinajstić information content (AvgIpc) is 2.97. The Morgan fingerprint density at radius 3 is 2.36 bits per heavy atom. The fourth-order valence-electron chi connectivity index (χ4n) is 2.87. The van der Waals surface area contributed by atoms with E-state index in [9.17, 15) is 9.59 Å². The highest BCUT2D eigenvalue weighted by atomic mass is 16.2. The van der Waals surface area contributed by atoms with Gasteiger partial charge in [-0.2, -0.15) is 0 Å². The van der Waals surface area contributed by atoms with Crippen molar-refractivity contribution in [3.8, 4) is 11.1 Å². The van der Waals surface area contributed by atoms with Crippen LogP contribution in [0.15, 0.2) is 42.5 Å². The van der Waals surface area contributed by atoms with E-state index < -0.39 is 0 Å². The molecule has 0 saturated carbocycles. The second-order valence-corrected chi connectivity index (χ2v) is 5.42. The van der Waals surface area contributed by atoms with Crippen molar-refractivity contribution in [2.75, 3.05) is 18.5 Å². The highest BCUT2D eigenvalue weighted by Gasteiger charge is 2.22. The third-order valence-corrected chi connectivity index (χ3v) is 4.06. The van der Waals surface area contributed by atoms with Crippen LogP contribution in [0, 0.1) is 0 Å². The Hall–Kier alpha value is -2.62. The molecule has 0 bridgehead atoms. The first-order valence-electron chi connectivity index (χ1n) is 7.33. The van der Waals surface area contributed by atoms with Crippen molar-refractivity contribution in [2.45, 2.75) is 13.3 Å². The van der Waals surface area contributed by atoms with Gasteiger partial charge in [0.15, 0.2) is 0 Å². The number of rotatable bonds is 2. The summed E-state index contributed by atoms with van der Waals surface area (Å²) in [5, 5.41) is 2.61. The molecule has 4 heteroatoms. The van der Waals surface area contributed by atoms with Gasteiger partial charge in [0.05, 0.1) is 0 Å². The minimum absolute atomic E-state index is 0.0847. The monoisotopic (exact) mass is 294 g/mol. The molecule has 1 N–H and O–H groups in total. The summed E-state index contributed by atoms with van der Waals surface area (Å²) in [4.78, 5) is 25.0. The predicted octanol–water partition coefficient (Wildman–Crippen LogP) is 2.62. The van der Waals surface area contributed by atoms with Crippen LogP contribution in [-0.4, -0.2) is 25.4 Å². The maximum atomic E-state index is 11.6. The molecule has 0 spiro atoms. The van der Waals surface area contributed by atoms with E-state index in [1.165, 1.54) is 5.56 Å². The summed E-state index contributed by atoms with van der Waals surface area (Å²) >= 11 is 0. The minimum Gasteiger partial charge on any atom is -0.355 e. The molecular weight excluding hydrogens is 276 g/mol. The van der Waals surface area contributed by atoms with Crippen LogP contribution >= 0.6 is 0 Å². The maximum Gasteiger partial charge on any atom is 0.251 e. The Labute approximate surface area is 129 Å². The molecule has 1 aliphatic heterocycles. The molecule has 0 radical (unpaired) electrons. The molecule has 1 heterocycles. The van der Waals surface area contributed by atoms with Crippen molar-refractivity contribution in [3.05, 3.63) is 53.6 Å². The fourth-order valence-corrected chi connectivity index (χ4v) is 2.87. The maximum absolute atomic E-state index is 11.6. The summed E-state index contributed by atoms with van der Waals surface area (Å²) < 4.78 is 0. The van der Waals surface area contributed by atoms with Gasteiger partial charge in [-0.15, -0.1) is 0 Å². The number of nitrogens with zero attached hydrogens (tertiary/aromatic N) is 1. The van der Waals surface area contributed by atoms with Gasteiger partial charge >= 0.3 is 0 Å². The lowest BCUT2D eigenvalue weighted by Gasteiger charge is -2.15. The van der Waals surface area contributed by atoms with Crippen molar-refractivity contribution in [3.63, 3.8) is 0 Å². The summed E-state index contributed by atoms with van der Waals surface area (Å²) in [7, 11) is 1.62.